The Kier molecular flexibility index (Phi) is 6.76. The molecule has 9 rings (SSSR count). The van der Waals surface area contributed by atoms with Crippen molar-refractivity contribution in [2.75, 3.05) is 0 Å². The smallest absolute Gasteiger partial charge is 0.135 e. The zero-order valence-corrected chi connectivity index (χ0v) is 26.5. The van der Waals surface area contributed by atoms with E-state index in [-0.39, 0.29) is 0 Å². The molecule has 1 aromatic heterocycles. The second kappa shape index (κ2) is 11.6. The van der Waals surface area contributed by atoms with E-state index in [1.165, 1.54) is 59.8 Å². The van der Waals surface area contributed by atoms with Gasteiger partial charge in [0.05, 0.1) is 0 Å². The number of furan rings is 1. The molecule has 8 aromatic rings. The number of rotatable bonds is 3. The second-order valence-electron chi connectivity index (χ2n) is 12.5. The first-order valence-electron chi connectivity index (χ1n) is 16.5. The average molecular weight is 613 g/mol. The maximum atomic E-state index is 6.12. The lowest BCUT2D eigenvalue weighted by atomic mass is 9.89. The Balaban J connectivity index is 1.28. The van der Waals surface area contributed by atoms with Gasteiger partial charge >= 0.3 is 0 Å². The molecule has 1 aliphatic rings. The van der Waals surface area contributed by atoms with E-state index in [0.717, 1.165) is 39.5 Å². The molecular weight excluding hydrogens is 581 g/mol. The first-order chi connectivity index (χ1) is 23.7. The highest BCUT2D eigenvalue weighted by molar-refractivity contribution is 6.09. The molecule has 0 fully saturated rings. The molecule has 7 aromatic carbocycles. The lowest BCUT2D eigenvalue weighted by Crippen LogP contribution is -2.30. The molecule has 48 heavy (non-hydrogen) atoms. The van der Waals surface area contributed by atoms with Crippen LogP contribution in [0.1, 0.15) is 17.5 Å². The number of para-hydroxylation sites is 1. The Bertz CT molecular complexity index is 2770. The molecule has 1 nitrogen and oxygen atoms in total. The molecule has 1 aliphatic carbocycles. The van der Waals surface area contributed by atoms with E-state index in [4.69, 9.17) is 4.42 Å². The summed E-state index contributed by atoms with van der Waals surface area (Å²) < 4.78 is 6.12. The average Bonchev–Trinajstić information content (AvgIpc) is 3.51. The normalized spacial score (nSPS) is 16.0. The van der Waals surface area contributed by atoms with Crippen molar-refractivity contribution in [1.29, 1.82) is 0 Å². The lowest BCUT2D eigenvalue weighted by molar-refractivity contribution is 0.669. The van der Waals surface area contributed by atoms with E-state index in [2.05, 4.69) is 164 Å². The van der Waals surface area contributed by atoms with Crippen LogP contribution in [0.5, 0.6) is 0 Å². The summed E-state index contributed by atoms with van der Waals surface area (Å²) in [5, 5.41) is 9.70. The number of hydrogen-bond donors (Lipinski definition) is 0. The standard InChI is InChI=1S/C47H32O/c1-31-12-3-2-4-16-39(36-15-11-14-34(28-36)35-26-27-46-44(29-35)41-19-9-10-21-45(41)48-46)40-18-7-8-20-42(40)47(31)37-25-24-33-23-22-32-13-5-6-17-38(32)43(33)30-37/h2-15,17-30H,1,16H2/b4-2-,12-3-,40-39+,47-42?. The number of fused-ring (bicyclic) bond motifs is 7. The van der Waals surface area contributed by atoms with E-state index in [0.29, 0.717) is 0 Å². The summed E-state index contributed by atoms with van der Waals surface area (Å²) in [6.45, 7) is 4.61. The van der Waals surface area contributed by atoms with Crippen molar-refractivity contribution in [3.63, 3.8) is 0 Å². The lowest BCUT2D eigenvalue weighted by Gasteiger charge is -2.15. The van der Waals surface area contributed by atoms with E-state index < -0.39 is 0 Å². The molecule has 1 heterocycles. The minimum atomic E-state index is 0.804. The third kappa shape index (κ3) is 4.80. The molecule has 0 saturated heterocycles. The van der Waals surface area contributed by atoms with Crippen LogP contribution in [0, 0.1) is 0 Å². The molecule has 0 amide bonds. The Labute approximate surface area is 279 Å². The number of hydrogen-bond acceptors (Lipinski definition) is 1. The fourth-order valence-electron chi connectivity index (χ4n) is 7.33. The van der Waals surface area contributed by atoms with Crippen molar-refractivity contribution < 1.29 is 4.42 Å². The molecule has 226 valence electrons. The van der Waals surface area contributed by atoms with Gasteiger partial charge in [0.2, 0.25) is 0 Å². The highest BCUT2D eigenvalue weighted by Crippen LogP contribution is 2.34. The van der Waals surface area contributed by atoms with Gasteiger partial charge in [0, 0.05) is 10.8 Å². The third-order valence-corrected chi connectivity index (χ3v) is 9.67. The van der Waals surface area contributed by atoms with Crippen molar-refractivity contribution in [2.45, 2.75) is 6.42 Å². The maximum Gasteiger partial charge on any atom is 0.135 e. The van der Waals surface area contributed by atoms with Crippen molar-refractivity contribution in [3.8, 4) is 11.1 Å². The molecular formula is C47H32O. The highest BCUT2D eigenvalue weighted by atomic mass is 16.3. The molecule has 0 bridgehead atoms. The summed E-state index contributed by atoms with van der Waals surface area (Å²) in [6.07, 6.45) is 9.45. The monoisotopic (exact) mass is 612 g/mol. The SMILES string of the molecule is C=C1/C=C\C=C/C/C(c2cccc(-c3ccc4oc5ccccc5c4c3)c2)=c2/ccccc2=C1c1ccc2ccc3ccccc3c2c1. The summed E-state index contributed by atoms with van der Waals surface area (Å²) >= 11 is 0. The van der Waals surface area contributed by atoms with Gasteiger partial charge < -0.3 is 4.42 Å². The van der Waals surface area contributed by atoms with Crippen LogP contribution in [0.25, 0.3) is 65.8 Å². The Morgan fingerprint density at radius 3 is 2.04 bits per heavy atom. The number of allylic oxidation sites excluding steroid dienone is 5. The van der Waals surface area contributed by atoms with E-state index >= 15 is 0 Å². The van der Waals surface area contributed by atoms with Crippen LogP contribution in [-0.2, 0) is 0 Å². The van der Waals surface area contributed by atoms with Crippen LogP contribution in [0.3, 0.4) is 0 Å². The van der Waals surface area contributed by atoms with Gasteiger partial charge in [0.1, 0.15) is 11.2 Å². The Morgan fingerprint density at radius 2 is 1.12 bits per heavy atom. The minimum absolute atomic E-state index is 0.804. The fourth-order valence-corrected chi connectivity index (χ4v) is 7.33. The van der Waals surface area contributed by atoms with E-state index in [1.807, 2.05) is 12.1 Å². The van der Waals surface area contributed by atoms with Gasteiger partial charge in [-0.2, -0.15) is 0 Å². The zero-order valence-electron chi connectivity index (χ0n) is 26.5. The van der Waals surface area contributed by atoms with Crippen molar-refractivity contribution in [2.24, 2.45) is 0 Å². The first kappa shape index (κ1) is 28.1. The van der Waals surface area contributed by atoms with Crippen LogP contribution in [0.2, 0.25) is 0 Å². The predicted octanol–water partition coefficient (Wildman–Crippen LogP) is 11.0. The predicted molar refractivity (Wildman–Crippen MR) is 203 cm³/mol. The molecule has 0 radical (unpaired) electrons. The van der Waals surface area contributed by atoms with Crippen LogP contribution in [-0.4, -0.2) is 0 Å². The zero-order chi connectivity index (χ0) is 32.0. The fraction of sp³-hybridized carbons (Fsp3) is 0.0213. The van der Waals surface area contributed by atoms with Gasteiger partial charge in [0.25, 0.3) is 0 Å². The molecule has 0 atom stereocenters. The van der Waals surface area contributed by atoms with Crippen LogP contribution in [0.15, 0.2) is 186 Å². The van der Waals surface area contributed by atoms with Crippen LogP contribution in [0.4, 0.5) is 0 Å². The van der Waals surface area contributed by atoms with Crippen molar-refractivity contribution in [3.05, 3.63) is 204 Å². The Hall–Kier alpha value is -6.18. The number of benzene rings is 7. The maximum absolute atomic E-state index is 6.12. The van der Waals surface area contributed by atoms with Crippen molar-refractivity contribution in [1.82, 2.24) is 0 Å². The van der Waals surface area contributed by atoms with Crippen molar-refractivity contribution >= 4 is 54.6 Å². The minimum Gasteiger partial charge on any atom is -0.456 e. The van der Waals surface area contributed by atoms with Crippen LogP contribution < -0.4 is 10.4 Å². The highest BCUT2D eigenvalue weighted by Gasteiger charge is 2.13. The van der Waals surface area contributed by atoms with Gasteiger partial charge in [-0.1, -0.05) is 146 Å². The van der Waals surface area contributed by atoms with Gasteiger partial charge in [-0.3, -0.25) is 0 Å². The molecule has 1 heteroatoms. The Morgan fingerprint density at radius 1 is 0.458 bits per heavy atom. The van der Waals surface area contributed by atoms with Crippen LogP contribution >= 0.6 is 0 Å². The summed E-state index contributed by atoms with van der Waals surface area (Å²) in [5.41, 5.74) is 9.98. The summed E-state index contributed by atoms with van der Waals surface area (Å²) in [4.78, 5) is 0. The molecule has 0 N–H and O–H groups in total. The third-order valence-electron chi connectivity index (χ3n) is 9.67. The van der Waals surface area contributed by atoms with Gasteiger partial charge in [-0.25, -0.2) is 0 Å². The molecule has 0 spiro atoms. The quantitative estimate of drug-likeness (QED) is 0.181. The molecule has 0 saturated carbocycles. The van der Waals surface area contributed by atoms with Gasteiger partial charge in [0.15, 0.2) is 0 Å². The van der Waals surface area contributed by atoms with Gasteiger partial charge in [-0.15, -0.1) is 0 Å². The summed E-state index contributed by atoms with van der Waals surface area (Å²) in [7, 11) is 0. The topological polar surface area (TPSA) is 13.1 Å². The van der Waals surface area contributed by atoms with E-state index in [1.54, 1.807) is 0 Å². The van der Waals surface area contributed by atoms with Gasteiger partial charge in [-0.05, 0) is 108 Å². The molecule has 0 unspecified atom stereocenters. The largest absolute Gasteiger partial charge is 0.456 e. The first-order valence-corrected chi connectivity index (χ1v) is 16.5. The van der Waals surface area contributed by atoms with E-state index in [9.17, 15) is 0 Å². The molecule has 0 aliphatic heterocycles. The summed E-state index contributed by atoms with van der Waals surface area (Å²) in [6, 6.07) is 52.5. The summed E-state index contributed by atoms with van der Waals surface area (Å²) in [5.74, 6) is 0. The second-order valence-corrected chi connectivity index (χ2v) is 12.5.